The van der Waals surface area contributed by atoms with Gasteiger partial charge in [-0.3, -0.25) is 19.4 Å². The highest BCUT2D eigenvalue weighted by Crippen LogP contribution is 2.19. The molecule has 38 heavy (non-hydrogen) atoms. The Kier molecular flexibility index (Phi) is 11.0. The Morgan fingerprint density at radius 3 is 2.26 bits per heavy atom. The number of aliphatic imine (C=N–C) groups is 1. The number of aliphatic hydroxyl groups is 1. The number of guanidine groups is 1. The molecule has 5 atom stereocenters. The molecule has 0 spiro atoms. The number of amides is 3. The largest absolute Gasteiger partial charge is 0.480 e. The van der Waals surface area contributed by atoms with E-state index in [0.29, 0.717) is 12.0 Å². The number of para-hydroxylation sites is 1. The Bertz CT molecular complexity index is 1160. The number of hydrogen-bond acceptors (Lipinski definition) is 7. The lowest BCUT2D eigenvalue weighted by molar-refractivity contribution is -0.143. The second kappa shape index (κ2) is 13.9. The number of rotatable bonds is 14. The quantitative estimate of drug-likeness (QED) is 0.0742. The van der Waals surface area contributed by atoms with E-state index in [2.05, 4.69) is 25.9 Å². The van der Waals surface area contributed by atoms with Crippen LogP contribution < -0.4 is 33.2 Å². The first-order valence-corrected chi connectivity index (χ1v) is 12.1. The van der Waals surface area contributed by atoms with Crippen LogP contribution in [0.4, 0.5) is 0 Å². The van der Waals surface area contributed by atoms with E-state index in [-0.39, 0.29) is 25.3 Å². The maximum atomic E-state index is 13.0. The van der Waals surface area contributed by atoms with Crippen LogP contribution in [0.5, 0.6) is 0 Å². The number of H-pyrrole nitrogens is 1. The van der Waals surface area contributed by atoms with Gasteiger partial charge in [-0.25, -0.2) is 4.79 Å². The molecule has 1 heterocycles. The van der Waals surface area contributed by atoms with Crippen LogP contribution in [-0.2, 0) is 25.6 Å². The number of nitrogens with two attached hydrogens (primary N) is 3. The van der Waals surface area contributed by atoms with Crippen molar-refractivity contribution >= 4 is 40.6 Å². The molecule has 0 saturated heterocycles. The summed E-state index contributed by atoms with van der Waals surface area (Å²) in [6, 6.07) is 2.45. The van der Waals surface area contributed by atoms with Crippen molar-refractivity contribution in [2.75, 3.05) is 6.54 Å². The minimum atomic E-state index is -1.50. The molecule has 0 bridgehead atoms. The monoisotopic (exact) mass is 532 g/mol. The van der Waals surface area contributed by atoms with Crippen molar-refractivity contribution in [2.24, 2.45) is 22.2 Å². The fraction of sp³-hybridized carbons (Fsp3) is 0.458. The zero-order valence-corrected chi connectivity index (χ0v) is 21.3. The lowest BCUT2D eigenvalue weighted by Crippen LogP contribution is -2.59. The fourth-order valence-corrected chi connectivity index (χ4v) is 3.72. The minimum absolute atomic E-state index is 0.0383. The number of aliphatic hydroxyl groups excluding tert-OH is 1. The van der Waals surface area contributed by atoms with Gasteiger partial charge in [0.1, 0.15) is 18.1 Å². The van der Waals surface area contributed by atoms with E-state index in [4.69, 9.17) is 17.2 Å². The Balaban J connectivity index is 2.14. The first kappa shape index (κ1) is 30.1. The number of aromatic nitrogens is 1. The zero-order chi connectivity index (χ0) is 28.4. The topological polar surface area (TPSA) is 251 Å². The summed E-state index contributed by atoms with van der Waals surface area (Å²) in [5, 5.41) is 28.1. The lowest BCUT2D eigenvalue weighted by Gasteiger charge is -2.26. The number of aliphatic carboxylic acids is 1. The summed E-state index contributed by atoms with van der Waals surface area (Å²) < 4.78 is 0. The molecular weight excluding hydrogens is 496 g/mol. The summed E-state index contributed by atoms with van der Waals surface area (Å²) in [4.78, 5) is 57.0. The summed E-state index contributed by atoms with van der Waals surface area (Å²) in [5.41, 5.74) is 17.7. The Hall–Kier alpha value is -4.17. The van der Waals surface area contributed by atoms with Crippen molar-refractivity contribution in [2.45, 2.75) is 63.4 Å². The van der Waals surface area contributed by atoms with E-state index in [9.17, 15) is 29.4 Å². The van der Waals surface area contributed by atoms with Gasteiger partial charge in [0.05, 0.1) is 12.1 Å². The Labute approximate surface area is 219 Å². The zero-order valence-electron chi connectivity index (χ0n) is 21.3. The molecule has 1 aromatic carbocycles. The highest BCUT2D eigenvalue weighted by Gasteiger charge is 2.32. The third kappa shape index (κ3) is 8.74. The van der Waals surface area contributed by atoms with Gasteiger partial charge < -0.3 is 48.3 Å². The van der Waals surface area contributed by atoms with E-state index in [1.165, 1.54) is 13.8 Å². The molecule has 1 aromatic heterocycles. The number of carbonyl (C=O) groups is 4. The summed E-state index contributed by atoms with van der Waals surface area (Å²) in [6.07, 6.45) is 0.658. The third-order valence-corrected chi connectivity index (χ3v) is 5.77. The second-order valence-electron chi connectivity index (χ2n) is 8.99. The molecule has 0 aliphatic carbocycles. The van der Waals surface area contributed by atoms with E-state index < -0.39 is 54.0 Å². The van der Waals surface area contributed by atoms with Gasteiger partial charge in [0, 0.05) is 30.1 Å². The number of fused-ring (bicyclic) bond motifs is 1. The van der Waals surface area contributed by atoms with Crippen molar-refractivity contribution in [1.82, 2.24) is 20.9 Å². The van der Waals surface area contributed by atoms with E-state index >= 15 is 0 Å². The minimum Gasteiger partial charge on any atom is -0.480 e. The van der Waals surface area contributed by atoms with Gasteiger partial charge in [-0.05, 0) is 38.3 Å². The fourth-order valence-electron chi connectivity index (χ4n) is 3.72. The van der Waals surface area contributed by atoms with Crippen molar-refractivity contribution < 1.29 is 29.4 Å². The first-order valence-electron chi connectivity index (χ1n) is 12.1. The SMILES string of the molecule is CC(N)C(=O)NC(CCCN=C(N)N)C(=O)NC(C(=O)NC(Cc1c[nH]c2ccccc12)C(=O)O)C(C)O. The van der Waals surface area contributed by atoms with Crippen LogP contribution in [0.2, 0.25) is 0 Å². The van der Waals surface area contributed by atoms with E-state index in [1.807, 2.05) is 24.3 Å². The van der Waals surface area contributed by atoms with E-state index in [0.717, 1.165) is 10.9 Å². The van der Waals surface area contributed by atoms with Crippen LogP contribution >= 0.6 is 0 Å². The molecule has 3 amide bonds. The maximum Gasteiger partial charge on any atom is 0.326 e. The van der Waals surface area contributed by atoms with Crippen molar-refractivity contribution in [1.29, 1.82) is 0 Å². The van der Waals surface area contributed by atoms with Crippen molar-refractivity contribution in [3.63, 3.8) is 0 Å². The molecule has 0 fully saturated rings. The van der Waals surface area contributed by atoms with Gasteiger partial charge in [0.25, 0.3) is 0 Å². The molecule has 2 aromatic rings. The summed E-state index contributed by atoms with van der Waals surface area (Å²) in [5.74, 6) is -3.69. The van der Waals surface area contributed by atoms with Gasteiger partial charge in [-0.1, -0.05) is 18.2 Å². The molecular formula is C24H36N8O6. The standard InChI is InChI=1S/C24H36N8O6/c1-12(25)20(34)30-17(8-5-9-28-24(26)27)21(35)32-19(13(2)33)22(36)31-18(23(37)38)10-14-11-29-16-7-4-3-6-15(14)16/h3-4,6-7,11-13,17-19,29,33H,5,8-10,25H2,1-2H3,(H,30,34)(H,31,36)(H,32,35)(H,37,38)(H4,26,27,28). The summed E-state index contributed by atoms with van der Waals surface area (Å²) in [7, 11) is 0. The van der Waals surface area contributed by atoms with Crippen molar-refractivity contribution in [3.8, 4) is 0 Å². The van der Waals surface area contributed by atoms with Crippen LogP contribution in [-0.4, -0.2) is 81.7 Å². The number of hydrogen-bond donors (Lipinski definition) is 9. The maximum absolute atomic E-state index is 13.0. The first-order chi connectivity index (χ1) is 17.9. The van der Waals surface area contributed by atoms with Gasteiger partial charge in [0.15, 0.2) is 5.96 Å². The molecule has 0 radical (unpaired) electrons. The molecule has 5 unspecified atom stereocenters. The van der Waals surface area contributed by atoms with Crippen molar-refractivity contribution in [3.05, 3.63) is 36.0 Å². The average molecular weight is 533 g/mol. The van der Waals surface area contributed by atoms with Gasteiger partial charge in [-0.15, -0.1) is 0 Å². The van der Waals surface area contributed by atoms with Crippen LogP contribution in [0.3, 0.4) is 0 Å². The highest BCUT2D eigenvalue weighted by atomic mass is 16.4. The third-order valence-electron chi connectivity index (χ3n) is 5.77. The van der Waals surface area contributed by atoms with Crippen LogP contribution in [0, 0.1) is 0 Å². The normalized spacial score (nSPS) is 14.9. The van der Waals surface area contributed by atoms with Gasteiger partial charge >= 0.3 is 5.97 Å². The molecule has 0 aliphatic heterocycles. The number of aromatic amines is 1. The Morgan fingerprint density at radius 2 is 1.66 bits per heavy atom. The van der Waals surface area contributed by atoms with Crippen LogP contribution in [0.15, 0.2) is 35.5 Å². The van der Waals surface area contributed by atoms with Gasteiger partial charge in [-0.2, -0.15) is 0 Å². The molecule has 0 saturated carbocycles. The molecule has 208 valence electrons. The lowest BCUT2D eigenvalue weighted by atomic mass is 10.0. The smallest absolute Gasteiger partial charge is 0.326 e. The molecule has 2 rings (SSSR count). The number of benzene rings is 1. The molecule has 14 nitrogen and oxygen atoms in total. The highest BCUT2D eigenvalue weighted by molar-refractivity contribution is 5.94. The predicted molar refractivity (Wildman–Crippen MR) is 141 cm³/mol. The molecule has 14 heteroatoms. The van der Waals surface area contributed by atoms with E-state index in [1.54, 1.807) is 6.20 Å². The number of carboxylic acids is 1. The second-order valence-corrected chi connectivity index (χ2v) is 8.99. The van der Waals surface area contributed by atoms with Gasteiger partial charge in [0.2, 0.25) is 17.7 Å². The van der Waals surface area contributed by atoms with Crippen LogP contribution in [0.1, 0.15) is 32.3 Å². The number of carbonyl (C=O) groups excluding carboxylic acids is 3. The molecule has 0 aliphatic rings. The Morgan fingerprint density at radius 1 is 1.00 bits per heavy atom. The number of nitrogens with zero attached hydrogens (tertiary/aromatic N) is 1. The molecule has 12 N–H and O–H groups in total. The average Bonchev–Trinajstić information content (AvgIpc) is 3.25. The number of carboxylic acid groups (broad SMARTS) is 1. The summed E-state index contributed by atoms with van der Waals surface area (Å²) in [6.45, 7) is 2.90. The number of nitrogens with one attached hydrogen (secondary N) is 4. The summed E-state index contributed by atoms with van der Waals surface area (Å²) >= 11 is 0. The predicted octanol–water partition coefficient (Wildman–Crippen LogP) is -1.97. The van der Waals surface area contributed by atoms with Crippen LogP contribution in [0.25, 0.3) is 10.9 Å².